The van der Waals surface area contributed by atoms with Gasteiger partial charge in [0.15, 0.2) is 0 Å². The largest absolute Gasteiger partial charge is 0.459 e. The van der Waals surface area contributed by atoms with E-state index in [0.717, 1.165) is 0 Å². The molecule has 2 unspecified atom stereocenters. The van der Waals surface area contributed by atoms with Crippen molar-refractivity contribution in [3.63, 3.8) is 0 Å². The van der Waals surface area contributed by atoms with Crippen LogP contribution in [-0.2, 0) is 38.1 Å². The zero-order valence-electron chi connectivity index (χ0n) is 22.6. The maximum Gasteiger partial charge on any atom is 0.336 e. The van der Waals surface area contributed by atoms with Crippen molar-refractivity contribution >= 4 is 23.9 Å². The van der Waals surface area contributed by atoms with Gasteiger partial charge in [0.05, 0.1) is 11.1 Å². The first kappa shape index (κ1) is 29.4. The van der Waals surface area contributed by atoms with E-state index in [0.29, 0.717) is 0 Å². The third-order valence-electron chi connectivity index (χ3n) is 3.97. The van der Waals surface area contributed by atoms with Crippen molar-refractivity contribution in [3.8, 4) is 0 Å². The molecule has 8 heteroatoms. The summed E-state index contributed by atoms with van der Waals surface area (Å²) in [6, 6.07) is 0. The number of carbonyl (C=O) groups excluding carboxylic acids is 4. The Labute approximate surface area is 203 Å². The molecule has 0 spiro atoms. The standard InChI is InChI=1S/C26H40O8/c1-23(2,3)31-19(27)15-13-14-16(20(28)32-24(4,5)6)18(22(30)34-26(10,11)12)17(15)21(29)33-25(7,8)9/h13-16H,1-12H3. The van der Waals surface area contributed by atoms with Crippen LogP contribution in [0.25, 0.3) is 0 Å². The Morgan fingerprint density at radius 3 is 0.941 bits per heavy atom. The highest BCUT2D eigenvalue weighted by Crippen LogP contribution is 2.36. The number of carbonyl (C=O) groups is 4. The van der Waals surface area contributed by atoms with Gasteiger partial charge in [-0.3, -0.25) is 9.59 Å². The van der Waals surface area contributed by atoms with E-state index in [-0.39, 0.29) is 11.1 Å². The van der Waals surface area contributed by atoms with Crippen molar-refractivity contribution in [2.45, 2.75) is 105 Å². The topological polar surface area (TPSA) is 105 Å². The van der Waals surface area contributed by atoms with Crippen molar-refractivity contribution < 1.29 is 38.1 Å². The number of hydrogen-bond donors (Lipinski definition) is 0. The van der Waals surface area contributed by atoms with E-state index in [2.05, 4.69) is 0 Å². The molecule has 34 heavy (non-hydrogen) atoms. The maximum atomic E-state index is 13.3. The van der Waals surface area contributed by atoms with E-state index in [4.69, 9.17) is 18.9 Å². The minimum atomic E-state index is -1.27. The van der Waals surface area contributed by atoms with Crippen LogP contribution in [-0.4, -0.2) is 46.3 Å². The quantitative estimate of drug-likeness (QED) is 0.330. The normalized spacial score (nSPS) is 19.4. The van der Waals surface area contributed by atoms with Gasteiger partial charge in [-0.15, -0.1) is 0 Å². The fourth-order valence-corrected chi connectivity index (χ4v) is 3.01. The van der Waals surface area contributed by atoms with Crippen LogP contribution in [0, 0.1) is 11.8 Å². The van der Waals surface area contributed by atoms with Crippen LogP contribution in [0.5, 0.6) is 0 Å². The van der Waals surface area contributed by atoms with E-state index >= 15 is 0 Å². The van der Waals surface area contributed by atoms with Crippen molar-refractivity contribution in [1.82, 2.24) is 0 Å². The van der Waals surface area contributed by atoms with Crippen molar-refractivity contribution in [1.29, 1.82) is 0 Å². The Kier molecular flexibility index (Phi) is 8.58. The lowest BCUT2D eigenvalue weighted by Gasteiger charge is -2.32. The van der Waals surface area contributed by atoms with Gasteiger partial charge in [0.2, 0.25) is 0 Å². The molecule has 0 heterocycles. The molecule has 0 radical (unpaired) electrons. The smallest absolute Gasteiger partial charge is 0.336 e. The predicted octanol–water partition coefficient (Wildman–Crippen LogP) is 4.45. The molecule has 0 fully saturated rings. The molecule has 0 aromatic rings. The van der Waals surface area contributed by atoms with Gasteiger partial charge in [-0.1, -0.05) is 12.2 Å². The van der Waals surface area contributed by atoms with Crippen molar-refractivity contribution in [3.05, 3.63) is 23.3 Å². The molecule has 8 nitrogen and oxygen atoms in total. The van der Waals surface area contributed by atoms with Crippen LogP contribution < -0.4 is 0 Å². The van der Waals surface area contributed by atoms with Gasteiger partial charge in [0.25, 0.3) is 0 Å². The summed E-state index contributed by atoms with van der Waals surface area (Å²) in [4.78, 5) is 52.8. The summed E-state index contributed by atoms with van der Waals surface area (Å²) in [6.45, 7) is 20.1. The van der Waals surface area contributed by atoms with Gasteiger partial charge in [0.1, 0.15) is 34.2 Å². The Balaban J connectivity index is 3.79. The average molecular weight is 481 g/mol. The van der Waals surface area contributed by atoms with E-state index < -0.39 is 58.1 Å². The van der Waals surface area contributed by atoms with Gasteiger partial charge in [-0.25, -0.2) is 9.59 Å². The second kappa shape index (κ2) is 9.92. The lowest BCUT2D eigenvalue weighted by Crippen LogP contribution is -2.40. The molecule has 0 saturated heterocycles. The Hall–Kier alpha value is -2.64. The summed E-state index contributed by atoms with van der Waals surface area (Å²) in [5.74, 6) is -5.88. The summed E-state index contributed by atoms with van der Waals surface area (Å²) in [5, 5.41) is 0. The highest BCUT2D eigenvalue weighted by Gasteiger charge is 2.45. The summed E-state index contributed by atoms with van der Waals surface area (Å²) < 4.78 is 22.0. The number of esters is 4. The van der Waals surface area contributed by atoms with Crippen LogP contribution in [0.4, 0.5) is 0 Å². The molecule has 2 atom stereocenters. The molecule has 1 aliphatic rings. The lowest BCUT2D eigenvalue weighted by atomic mass is 9.81. The molecule has 1 aliphatic carbocycles. The van der Waals surface area contributed by atoms with Crippen LogP contribution in [0.3, 0.4) is 0 Å². The van der Waals surface area contributed by atoms with E-state index in [1.54, 1.807) is 83.1 Å². The first-order valence-corrected chi connectivity index (χ1v) is 11.4. The molecule has 1 rings (SSSR count). The third-order valence-corrected chi connectivity index (χ3v) is 3.97. The molecule has 0 saturated carbocycles. The SMILES string of the molecule is CC(C)(C)OC(=O)C1=C(C(=O)OC(C)(C)C)C(C(=O)OC(C)(C)C)C=CC1C(=O)OC(C)(C)C. The molecular weight excluding hydrogens is 440 g/mol. The van der Waals surface area contributed by atoms with Crippen LogP contribution in [0.1, 0.15) is 83.1 Å². The van der Waals surface area contributed by atoms with Crippen LogP contribution >= 0.6 is 0 Å². The Morgan fingerprint density at radius 2 is 0.735 bits per heavy atom. The molecule has 0 aromatic carbocycles. The summed E-state index contributed by atoms with van der Waals surface area (Å²) in [6.07, 6.45) is 2.74. The summed E-state index contributed by atoms with van der Waals surface area (Å²) >= 11 is 0. The van der Waals surface area contributed by atoms with E-state index in [9.17, 15) is 19.2 Å². The summed E-state index contributed by atoms with van der Waals surface area (Å²) in [5.41, 5.74) is -4.14. The lowest BCUT2D eigenvalue weighted by molar-refractivity contribution is -0.164. The fraction of sp³-hybridized carbons (Fsp3) is 0.692. The van der Waals surface area contributed by atoms with Gasteiger partial charge >= 0.3 is 23.9 Å². The van der Waals surface area contributed by atoms with Crippen LogP contribution in [0.15, 0.2) is 23.3 Å². The van der Waals surface area contributed by atoms with Gasteiger partial charge < -0.3 is 18.9 Å². The Morgan fingerprint density at radius 1 is 0.500 bits per heavy atom. The monoisotopic (exact) mass is 480 g/mol. The highest BCUT2D eigenvalue weighted by atomic mass is 16.6. The third kappa shape index (κ3) is 9.31. The Bertz CT molecular complexity index is 808. The van der Waals surface area contributed by atoms with Crippen LogP contribution in [0.2, 0.25) is 0 Å². The van der Waals surface area contributed by atoms with Crippen molar-refractivity contribution in [2.24, 2.45) is 11.8 Å². The second-order valence-electron chi connectivity index (χ2n) is 12.2. The zero-order chi connectivity index (χ0) is 26.9. The number of ether oxygens (including phenoxy) is 4. The van der Waals surface area contributed by atoms with E-state index in [1.807, 2.05) is 0 Å². The minimum Gasteiger partial charge on any atom is -0.459 e. The first-order valence-electron chi connectivity index (χ1n) is 11.4. The minimum absolute atomic E-state index is 0.295. The molecule has 0 bridgehead atoms. The number of hydrogen-bond acceptors (Lipinski definition) is 8. The molecule has 0 amide bonds. The predicted molar refractivity (Wildman–Crippen MR) is 127 cm³/mol. The fourth-order valence-electron chi connectivity index (χ4n) is 3.01. The molecule has 0 N–H and O–H groups in total. The number of rotatable bonds is 4. The highest BCUT2D eigenvalue weighted by molar-refractivity contribution is 6.09. The average Bonchev–Trinajstić information content (AvgIpc) is 2.54. The summed E-state index contributed by atoms with van der Waals surface area (Å²) in [7, 11) is 0. The van der Waals surface area contributed by atoms with Gasteiger partial charge in [-0.05, 0) is 83.1 Å². The molecule has 0 aliphatic heterocycles. The molecular formula is C26H40O8. The second-order valence-corrected chi connectivity index (χ2v) is 12.2. The zero-order valence-corrected chi connectivity index (χ0v) is 22.6. The van der Waals surface area contributed by atoms with E-state index in [1.165, 1.54) is 12.2 Å². The first-order chi connectivity index (χ1) is 15.0. The van der Waals surface area contributed by atoms with Gasteiger partial charge in [-0.2, -0.15) is 0 Å². The van der Waals surface area contributed by atoms with Gasteiger partial charge in [0, 0.05) is 0 Å². The molecule has 0 aromatic heterocycles. The van der Waals surface area contributed by atoms with Crippen molar-refractivity contribution in [2.75, 3.05) is 0 Å². The maximum absolute atomic E-state index is 13.3. The molecule has 192 valence electrons.